The summed E-state index contributed by atoms with van der Waals surface area (Å²) in [5.41, 5.74) is 3.92. The molecule has 0 saturated heterocycles. The predicted octanol–water partition coefficient (Wildman–Crippen LogP) is 5.07. The Morgan fingerprint density at radius 3 is 1.26 bits per heavy atom. The summed E-state index contributed by atoms with van der Waals surface area (Å²) in [6, 6.07) is 0.0235. The number of carbonyl (C=O) groups is 4. The Balaban J connectivity index is 0.000000158. The van der Waals surface area contributed by atoms with Crippen LogP contribution in [0.5, 0.6) is 0 Å². The van der Waals surface area contributed by atoms with Crippen LogP contribution in [0.25, 0.3) is 0 Å². The number of carbonyl (C=O) groups excluding carboxylic acids is 4. The Labute approximate surface area is 368 Å². The fourth-order valence-corrected chi connectivity index (χ4v) is 12.0. The van der Waals surface area contributed by atoms with Gasteiger partial charge in [0.2, 0.25) is 21.7 Å². The van der Waals surface area contributed by atoms with E-state index in [4.69, 9.17) is 0 Å². The normalized spacial score (nSPS) is 20.5. The van der Waals surface area contributed by atoms with Crippen molar-refractivity contribution in [2.24, 2.45) is 23.7 Å². The molecule has 0 bridgehead atoms. The van der Waals surface area contributed by atoms with Gasteiger partial charge >= 0.3 is 0 Å². The Hall–Kier alpha value is -4.56. The van der Waals surface area contributed by atoms with E-state index in [1.54, 1.807) is 22.7 Å². The highest BCUT2D eigenvalue weighted by atomic mass is 32.1. The van der Waals surface area contributed by atoms with Gasteiger partial charge in [-0.05, 0) is 126 Å². The number of anilines is 2. The summed E-state index contributed by atoms with van der Waals surface area (Å²) >= 11 is 3.24. The number of nitrogens with one attached hydrogen (secondary N) is 4. The minimum atomic E-state index is -0.425. The maximum absolute atomic E-state index is 13.1. The highest BCUT2D eigenvalue weighted by molar-refractivity contribution is 7.13. The average Bonchev–Trinajstić information content (AvgIpc) is 4.06. The first-order valence-electron chi connectivity index (χ1n) is 23.0. The van der Waals surface area contributed by atoms with E-state index in [-0.39, 0.29) is 58.2 Å². The zero-order valence-electron chi connectivity index (χ0n) is 35.7. The first kappa shape index (κ1) is 42.7. The molecule has 2 amide bonds. The van der Waals surface area contributed by atoms with Crippen molar-refractivity contribution < 1.29 is 19.2 Å². The molecule has 328 valence electrons. The minimum Gasteiger partial charge on any atom is -0.378 e. The van der Waals surface area contributed by atoms with Gasteiger partial charge in [-0.25, -0.2) is 0 Å². The first-order chi connectivity index (χ1) is 29.9. The summed E-state index contributed by atoms with van der Waals surface area (Å²) < 4.78 is 0. The molecule has 0 unspecified atom stereocenters. The molecule has 4 N–H and O–H groups in total. The van der Waals surface area contributed by atoms with Crippen LogP contribution in [0.15, 0.2) is 19.2 Å². The third-order valence-corrected chi connectivity index (χ3v) is 16.4. The van der Waals surface area contributed by atoms with Crippen molar-refractivity contribution in [2.45, 2.75) is 142 Å². The van der Waals surface area contributed by atoms with E-state index >= 15 is 0 Å². The van der Waals surface area contributed by atoms with Crippen LogP contribution >= 0.6 is 22.7 Å². The highest BCUT2D eigenvalue weighted by Crippen LogP contribution is 2.40. The zero-order valence-corrected chi connectivity index (χ0v) is 37.3. The quantitative estimate of drug-likeness (QED) is 0.0985. The molecule has 4 saturated carbocycles. The molecule has 2 aromatic heterocycles. The van der Waals surface area contributed by atoms with Crippen molar-refractivity contribution in [1.29, 1.82) is 0 Å². The molecule has 6 aliphatic carbocycles. The number of thiophene rings is 2. The second-order valence-corrected chi connectivity index (χ2v) is 21.0. The van der Waals surface area contributed by atoms with Crippen LogP contribution < -0.4 is 43.0 Å². The van der Waals surface area contributed by atoms with Gasteiger partial charge in [0.1, 0.15) is 11.6 Å². The molecule has 0 spiro atoms. The van der Waals surface area contributed by atoms with Gasteiger partial charge in [0.25, 0.3) is 11.8 Å². The number of hydrogen-bond acceptors (Lipinski definition) is 12. The molecule has 14 heteroatoms. The van der Waals surface area contributed by atoms with Crippen LogP contribution in [-0.2, 0) is 61.0 Å². The van der Waals surface area contributed by atoms with E-state index in [1.165, 1.54) is 35.4 Å². The fraction of sp³-hybridized carbons (Fsp3) is 0.583. The largest absolute Gasteiger partial charge is 0.378 e. The van der Waals surface area contributed by atoms with E-state index in [9.17, 15) is 38.4 Å². The molecule has 2 atom stereocenters. The van der Waals surface area contributed by atoms with Gasteiger partial charge in [-0.2, -0.15) is 0 Å². The predicted molar refractivity (Wildman–Crippen MR) is 242 cm³/mol. The SMILES string of the molecule is CCc1c(N[C@@H]2CCc3sc(CC(=O)C4CC4)c(C(=O)NCC4CC4)c3C2)c(=O)c1=O.CCc1c(N[C@H]2CCc3sc(CC(=O)C4CC4)c(C(=O)NCC4CC4)c3C2)c(=O)c1=O. The molecule has 0 radical (unpaired) electrons. The minimum absolute atomic E-state index is 0.0117. The molecule has 4 fully saturated rings. The van der Waals surface area contributed by atoms with Crippen molar-refractivity contribution in [3.63, 3.8) is 0 Å². The standard InChI is InChI=1S/2C24H28N2O4S/c2*1-2-15-21(23(29)22(15)28)26-14-7-8-18-16(9-14)20(24(30)25-11-12-3-4-12)19(31-18)10-17(27)13-5-6-13/h2*12-14,26H,2-11H2,1H3,(H,25,30)/t2*14-/m10/s1. The maximum atomic E-state index is 13.1. The van der Waals surface area contributed by atoms with Gasteiger partial charge in [0, 0.05) is 80.5 Å². The van der Waals surface area contributed by atoms with Crippen LogP contribution in [0.1, 0.15) is 141 Å². The van der Waals surface area contributed by atoms with Gasteiger partial charge in [-0.1, -0.05) is 13.8 Å². The summed E-state index contributed by atoms with van der Waals surface area (Å²) in [6.45, 7) is 5.16. The number of hydrogen-bond donors (Lipinski definition) is 4. The lowest BCUT2D eigenvalue weighted by Gasteiger charge is -2.26. The lowest BCUT2D eigenvalue weighted by molar-refractivity contribution is -0.120. The van der Waals surface area contributed by atoms with Gasteiger partial charge in [0.15, 0.2) is 0 Å². The summed E-state index contributed by atoms with van der Waals surface area (Å²) in [5.74, 6) is 1.91. The molecule has 2 aromatic carbocycles. The van der Waals surface area contributed by atoms with Crippen LogP contribution in [-0.4, -0.2) is 48.6 Å². The van der Waals surface area contributed by atoms with E-state index in [2.05, 4.69) is 21.3 Å². The third kappa shape index (κ3) is 8.96. The van der Waals surface area contributed by atoms with Gasteiger partial charge in [-0.3, -0.25) is 38.4 Å². The van der Waals surface area contributed by atoms with Crippen molar-refractivity contribution in [2.75, 3.05) is 23.7 Å². The lowest BCUT2D eigenvalue weighted by atomic mass is 9.89. The molecule has 12 nitrogen and oxygen atoms in total. The van der Waals surface area contributed by atoms with E-state index in [0.717, 1.165) is 72.2 Å². The fourth-order valence-electron chi connectivity index (χ4n) is 9.28. The Morgan fingerprint density at radius 1 is 0.532 bits per heavy atom. The zero-order chi connectivity index (χ0) is 43.4. The van der Waals surface area contributed by atoms with Crippen molar-refractivity contribution in [3.8, 4) is 0 Å². The average molecular weight is 881 g/mol. The van der Waals surface area contributed by atoms with Crippen LogP contribution in [0.3, 0.4) is 0 Å². The van der Waals surface area contributed by atoms with Gasteiger partial charge in [-0.15, -0.1) is 22.7 Å². The monoisotopic (exact) mass is 880 g/mol. The van der Waals surface area contributed by atoms with Gasteiger partial charge < -0.3 is 21.3 Å². The molecule has 10 rings (SSSR count). The maximum Gasteiger partial charge on any atom is 0.252 e. The Bertz CT molecular complexity index is 2410. The second-order valence-electron chi connectivity index (χ2n) is 18.6. The molecular formula is C48H56N4O8S2. The van der Waals surface area contributed by atoms with E-state index < -0.39 is 10.9 Å². The highest BCUT2D eigenvalue weighted by Gasteiger charge is 2.37. The lowest BCUT2D eigenvalue weighted by Crippen LogP contribution is -2.41. The van der Waals surface area contributed by atoms with Crippen molar-refractivity contribution in [1.82, 2.24) is 10.6 Å². The number of ketones is 2. The first-order valence-corrected chi connectivity index (χ1v) is 24.6. The topological polar surface area (TPSA) is 185 Å². The molecule has 4 aromatic rings. The summed E-state index contributed by atoms with van der Waals surface area (Å²) in [4.78, 5) is 103. The number of aryl methyl sites for hydroxylation is 2. The number of Topliss-reactive ketones (excluding diaryl/α,β-unsaturated/α-hetero) is 2. The summed E-state index contributed by atoms with van der Waals surface area (Å²) in [7, 11) is 0. The summed E-state index contributed by atoms with van der Waals surface area (Å²) in [6.07, 6.45) is 15.0. The molecular weight excluding hydrogens is 825 g/mol. The molecule has 6 aliphatic rings. The second kappa shape index (κ2) is 17.5. The Kier molecular flexibility index (Phi) is 12.1. The van der Waals surface area contributed by atoms with Crippen LogP contribution in [0.4, 0.5) is 11.4 Å². The van der Waals surface area contributed by atoms with Crippen LogP contribution in [0.2, 0.25) is 0 Å². The number of fused-ring (bicyclic) bond motifs is 2. The van der Waals surface area contributed by atoms with Crippen molar-refractivity contribution >= 4 is 57.4 Å². The smallest absolute Gasteiger partial charge is 0.252 e. The van der Waals surface area contributed by atoms with Gasteiger partial charge in [0.05, 0.1) is 22.5 Å². The number of amides is 2. The molecule has 2 heterocycles. The van der Waals surface area contributed by atoms with Crippen LogP contribution in [0, 0.1) is 23.7 Å². The number of rotatable bonds is 18. The molecule has 0 aliphatic heterocycles. The van der Waals surface area contributed by atoms with E-state index in [0.29, 0.717) is 97.1 Å². The summed E-state index contributed by atoms with van der Waals surface area (Å²) in [5, 5.41) is 12.8. The van der Waals surface area contributed by atoms with E-state index in [1.807, 2.05) is 13.8 Å². The third-order valence-electron chi connectivity index (χ3n) is 13.8. The Morgan fingerprint density at radius 2 is 0.919 bits per heavy atom. The molecule has 62 heavy (non-hydrogen) atoms. The van der Waals surface area contributed by atoms with Crippen molar-refractivity contribution in [3.05, 3.63) is 93.8 Å².